The number of nitrogens with zero attached hydrogens (tertiary/aromatic N) is 3. The first-order valence-electron chi connectivity index (χ1n) is 13.6. The fraction of sp³-hybridized carbons (Fsp3) is 0.0909. The van der Waals surface area contributed by atoms with Gasteiger partial charge in [-0.3, -0.25) is 9.78 Å². The molecule has 2 aromatic heterocycles. The van der Waals surface area contributed by atoms with Gasteiger partial charge in [-0.25, -0.2) is 4.79 Å². The molecule has 0 unspecified atom stereocenters. The highest BCUT2D eigenvalue weighted by atomic mass is 32.1. The van der Waals surface area contributed by atoms with E-state index in [4.69, 9.17) is 17.0 Å². The highest BCUT2D eigenvalue weighted by Gasteiger charge is 2.42. The maximum Gasteiger partial charge on any atom is 0.335 e. The lowest BCUT2D eigenvalue weighted by molar-refractivity contribution is -0.118. The third-order valence-electron chi connectivity index (χ3n) is 7.12. The van der Waals surface area contributed by atoms with Gasteiger partial charge in [-0.05, 0) is 97.1 Å². The fourth-order valence-corrected chi connectivity index (χ4v) is 5.48. The van der Waals surface area contributed by atoms with E-state index in [0.29, 0.717) is 16.5 Å². The molecule has 43 heavy (non-hydrogen) atoms. The van der Waals surface area contributed by atoms with E-state index in [1.807, 2.05) is 88.5 Å². The molecule has 1 aliphatic heterocycles. The number of benzene rings is 3. The summed E-state index contributed by atoms with van der Waals surface area (Å²) in [5.41, 5.74) is 4.25. The minimum atomic E-state index is -0.977. The van der Waals surface area contributed by atoms with Crippen LogP contribution in [0.5, 0.6) is 5.75 Å². The summed E-state index contributed by atoms with van der Waals surface area (Å²) in [6.07, 6.45) is 3.69. The maximum absolute atomic E-state index is 12.5. The molecular formula is C33H27N5O4S. The number of pyridine rings is 1. The van der Waals surface area contributed by atoms with Crippen LogP contribution in [-0.4, -0.2) is 38.3 Å². The van der Waals surface area contributed by atoms with Crippen LogP contribution in [0.1, 0.15) is 33.8 Å². The average Bonchev–Trinajstić information content (AvgIpc) is 3.66. The molecule has 3 N–H and O–H groups in total. The summed E-state index contributed by atoms with van der Waals surface area (Å²) in [6, 6.07) is 32.6. The Morgan fingerprint density at radius 1 is 0.884 bits per heavy atom. The number of anilines is 2. The number of rotatable bonds is 9. The number of carboxylic acid groups (broad SMARTS) is 1. The molecule has 3 heterocycles. The summed E-state index contributed by atoms with van der Waals surface area (Å²) in [5.74, 6) is -0.622. The molecule has 10 heteroatoms. The zero-order valence-corrected chi connectivity index (χ0v) is 23.6. The molecule has 0 radical (unpaired) electrons. The third kappa shape index (κ3) is 5.95. The quantitative estimate of drug-likeness (QED) is 0.186. The number of carboxylic acids is 1. The molecule has 0 aliphatic carbocycles. The Kier molecular flexibility index (Phi) is 7.84. The van der Waals surface area contributed by atoms with E-state index in [0.717, 1.165) is 22.8 Å². The summed E-state index contributed by atoms with van der Waals surface area (Å²) < 4.78 is 7.58. The van der Waals surface area contributed by atoms with Crippen molar-refractivity contribution in [3.63, 3.8) is 0 Å². The predicted octanol–water partition coefficient (Wildman–Crippen LogP) is 5.77. The van der Waals surface area contributed by atoms with E-state index >= 15 is 0 Å². The first-order chi connectivity index (χ1) is 21.0. The zero-order valence-electron chi connectivity index (χ0n) is 22.8. The summed E-state index contributed by atoms with van der Waals surface area (Å²) >= 11 is 5.87. The Morgan fingerprint density at radius 3 is 2.30 bits per heavy atom. The summed E-state index contributed by atoms with van der Waals surface area (Å²) in [6.45, 7) is -0.107. The number of hydrogen-bond acceptors (Lipinski definition) is 5. The van der Waals surface area contributed by atoms with E-state index in [1.165, 1.54) is 0 Å². The van der Waals surface area contributed by atoms with Crippen LogP contribution in [0.3, 0.4) is 0 Å². The van der Waals surface area contributed by atoms with E-state index in [2.05, 4.69) is 15.6 Å². The van der Waals surface area contributed by atoms with Gasteiger partial charge in [0.25, 0.3) is 5.91 Å². The number of para-hydroxylation sites is 1. The van der Waals surface area contributed by atoms with Gasteiger partial charge in [-0.1, -0.05) is 24.3 Å². The number of aromatic carboxylic acids is 1. The Bertz CT molecular complexity index is 1740. The lowest BCUT2D eigenvalue weighted by Crippen LogP contribution is -2.30. The van der Waals surface area contributed by atoms with Crippen molar-refractivity contribution in [1.29, 1.82) is 0 Å². The van der Waals surface area contributed by atoms with Crippen LogP contribution in [0.15, 0.2) is 122 Å². The van der Waals surface area contributed by atoms with E-state index in [-0.39, 0.29) is 30.2 Å². The smallest absolute Gasteiger partial charge is 0.335 e. The van der Waals surface area contributed by atoms with Gasteiger partial charge in [0.15, 0.2) is 11.7 Å². The van der Waals surface area contributed by atoms with Crippen molar-refractivity contribution in [2.75, 3.05) is 16.8 Å². The SMILES string of the molecule is O=C(COc1ccccc1)Nc1ccc(N2C(=S)N[C@H](c3ccccn3)[C@H]2c2cccn2-c2ccc(C(=O)O)cc2)cc1. The number of amides is 1. The van der Waals surface area contributed by atoms with Crippen LogP contribution in [-0.2, 0) is 4.79 Å². The Labute approximate surface area is 253 Å². The molecule has 3 aromatic carbocycles. The molecule has 1 fully saturated rings. The number of carbonyl (C=O) groups is 2. The molecule has 0 saturated carbocycles. The average molecular weight is 590 g/mol. The lowest BCUT2D eigenvalue weighted by atomic mass is 10.0. The molecular weight excluding hydrogens is 562 g/mol. The molecule has 1 saturated heterocycles. The number of nitrogens with one attached hydrogen (secondary N) is 2. The van der Waals surface area contributed by atoms with Gasteiger partial charge in [0.05, 0.1) is 17.3 Å². The maximum atomic E-state index is 12.5. The van der Waals surface area contributed by atoms with Gasteiger partial charge in [-0.2, -0.15) is 0 Å². The molecule has 2 atom stereocenters. The normalized spacial score (nSPS) is 16.0. The van der Waals surface area contributed by atoms with E-state index < -0.39 is 5.97 Å². The Morgan fingerprint density at radius 2 is 1.60 bits per heavy atom. The van der Waals surface area contributed by atoms with Crippen molar-refractivity contribution in [1.82, 2.24) is 14.9 Å². The molecule has 214 valence electrons. The van der Waals surface area contributed by atoms with E-state index in [9.17, 15) is 14.7 Å². The zero-order chi connectivity index (χ0) is 29.8. The van der Waals surface area contributed by atoms with Gasteiger partial charge in [0.2, 0.25) is 0 Å². The molecule has 9 nitrogen and oxygen atoms in total. The van der Waals surface area contributed by atoms with Crippen LogP contribution in [0.25, 0.3) is 5.69 Å². The summed E-state index contributed by atoms with van der Waals surface area (Å²) in [7, 11) is 0. The number of carbonyl (C=O) groups excluding carboxylic acids is 1. The molecule has 5 aromatic rings. The number of thiocarbonyl (C=S) groups is 1. The van der Waals surface area contributed by atoms with Gasteiger partial charge in [-0.15, -0.1) is 0 Å². The number of aromatic nitrogens is 2. The van der Waals surface area contributed by atoms with Gasteiger partial charge < -0.3 is 29.9 Å². The summed E-state index contributed by atoms with van der Waals surface area (Å²) in [5, 5.41) is 16.2. The Hall–Kier alpha value is -5.48. The first-order valence-corrected chi connectivity index (χ1v) is 14.0. The second kappa shape index (κ2) is 12.2. The monoisotopic (exact) mass is 589 g/mol. The molecule has 1 aliphatic rings. The third-order valence-corrected chi connectivity index (χ3v) is 7.43. The number of ether oxygens (including phenoxy) is 1. The molecule has 1 amide bonds. The highest BCUT2D eigenvalue weighted by molar-refractivity contribution is 7.80. The number of hydrogen-bond donors (Lipinski definition) is 3. The lowest BCUT2D eigenvalue weighted by Gasteiger charge is -2.29. The topological polar surface area (TPSA) is 109 Å². The summed E-state index contributed by atoms with van der Waals surface area (Å²) in [4.78, 5) is 30.6. The van der Waals surface area contributed by atoms with Crippen LogP contribution >= 0.6 is 12.2 Å². The predicted molar refractivity (Wildman–Crippen MR) is 168 cm³/mol. The standard InChI is InChI=1S/C33H27N5O4S/c39-29(21-42-26-7-2-1-3-8-26)35-23-13-17-25(18-14-23)38-31(30(36-33(38)43)27-9-4-5-19-34-27)28-10-6-20-37(28)24-15-11-22(12-16-24)32(40)41/h1-20,30-31H,21H2,(H,35,39)(H,36,43)(H,40,41)/t30-,31-/m1/s1. The molecule has 0 bridgehead atoms. The van der Waals surface area contributed by atoms with Crippen LogP contribution in [0.4, 0.5) is 11.4 Å². The second-order valence-corrected chi connectivity index (χ2v) is 10.2. The molecule has 6 rings (SSSR count). The van der Waals surface area contributed by atoms with E-state index in [1.54, 1.807) is 42.6 Å². The van der Waals surface area contributed by atoms with Gasteiger partial charge >= 0.3 is 5.97 Å². The van der Waals surface area contributed by atoms with Crippen molar-refractivity contribution < 1.29 is 19.4 Å². The van der Waals surface area contributed by atoms with Crippen molar-refractivity contribution >= 4 is 40.6 Å². The van der Waals surface area contributed by atoms with Crippen LogP contribution in [0, 0.1) is 0 Å². The van der Waals surface area contributed by atoms with Crippen molar-refractivity contribution in [2.24, 2.45) is 0 Å². The molecule has 0 spiro atoms. The first kappa shape index (κ1) is 27.7. The van der Waals surface area contributed by atoms with Gasteiger partial charge in [0, 0.05) is 35.1 Å². The Balaban J connectivity index is 1.29. The highest BCUT2D eigenvalue weighted by Crippen LogP contribution is 2.42. The largest absolute Gasteiger partial charge is 0.484 e. The van der Waals surface area contributed by atoms with Crippen molar-refractivity contribution in [3.05, 3.63) is 139 Å². The fourth-order valence-electron chi connectivity index (χ4n) is 5.14. The minimum absolute atomic E-state index is 0.107. The van der Waals surface area contributed by atoms with Crippen molar-refractivity contribution in [2.45, 2.75) is 12.1 Å². The van der Waals surface area contributed by atoms with Gasteiger partial charge in [0.1, 0.15) is 11.8 Å². The van der Waals surface area contributed by atoms with Crippen LogP contribution in [0.2, 0.25) is 0 Å². The second-order valence-electron chi connectivity index (χ2n) is 9.85. The van der Waals surface area contributed by atoms with Crippen molar-refractivity contribution in [3.8, 4) is 11.4 Å². The minimum Gasteiger partial charge on any atom is -0.484 e. The van der Waals surface area contributed by atoms with Crippen LogP contribution < -0.4 is 20.3 Å².